The van der Waals surface area contributed by atoms with Crippen molar-refractivity contribution >= 4 is 17.1 Å². The molecule has 8 aromatic rings. The van der Waals surface area contributed by atoms with Crippen molar-refractivity contribution < 1.29 is 0 Å². The van der Waals surface area contributed by atoms with Crippen LogP contribution < -0.4 is 4.90 Å². The van der Waals surface area contributed by atoms with Crippen LogP contribution in [0.15, 0.2) is 212 Å². The van der Waals surface area contributed by atoms with Gasteiger partial charge in [-0.2, -0.15) is 0 Å². The Bertz CT molecular complexity index is 2130. The monoisotopic (exact) mass is 625 g/mol. The van der Waals surface area contributed by atoms with Crippen LogP contribution in [0.5, 0.6) is 0 Å². The fourth-order valence-electron chi connectivity index (χ4n) is 6.53. The van der Waals surface area contributed by atoms with Gasteiger partial charge in [-0.1, -0.05) is 158 Å². The van der Waals surface area contributed by atoms with Gasteiger partial charge in [0, 0.05) is 17.1 Å². The van der Waals surface area contributed by atoms with Crippen LogP contribution in [0.2, 0.25) is 0 Å². The lowest BCUT2D eigenvalue weighted by Crippen LogP contribution is -2.10. The smallest absolute Gasteiger partial charge is 0.0467 e. The van der Waals surface area contributed by atoms with E-state index < -0.39 is 0 Å². The Balaban J connectivity index is 1.24. The maximum Gasteiger partial charge on any atom is 0.0467 e. The van der Waals surface area contributed by atoms with Gasteiger partial charge in [-0.15, -0.1) is 0 Å². The summed E-state index contributed by atoms with van der Waals surface area (Å²) < 4.78 is 0. The van der Waals surface area contributed by atoms with E-state index in [1.54, 1.807) is 0 Å². The third-order valence-corrected chi connectivity index (χ3v) is 9.05. The van der Waals surface area contributed by atoms with E-state index in [0.717, 1.165) is 17.1 Å². The molecule has 0 saturated carbocycles. The van der Waals surface area contributed by atoms with Crippen LogP contribution >= 0.6 is 0 Å². The van der Waals surface area contributed by atoms with Gasteiger partial charge in [0.05, 0.1) is 0 Å². The number of benzene rings is 8. The highest BCUT2D eigenvalue weighted by Crippen LogP contribution is 2.40. The highest BCUT2D eigenvalue weighted by atomic mass is 15.1. The van der Waals surface area contributed by atoms with E-state index in [0.29, 0.717) is 0 Å². The molecule has 0 aliphatic heterocycles. The minimum Gasteiger partial charge on any atom is -0.310 e. The summed E-state index contributed by atoms with van der Waals surface area (Å²) in [5.41, 5.74) is 15.3. The number of rotatable bonds is 8. The molecule has 1 nitrogen and oxygen atoms in total. The Morgan fingerprint density at radius 3 is 0.878 bits per heavy atom. The summed E-state index contributed by atoms with van der Waals surface area (Å²) in [5, 5.41) is 0. The molecular formula is C48H35N. The average molecular weight is 626 g/mol. The lowest BCUT2D eigenvalue weighted by atomic mass is 9.93. The normalized spacial score (nSPS) is 10.9. The van der Waals surface area contributed by atoms with Gasteiger partial charge in [0.1, 0.15) is 0 Å². The van der Waals surface area contributed by atoms with Crippen LogP contribution in [0.3, 0.4) is 0 Å². The Labute approximate surface area is 289 Å². The van der Waals surface area contributed by atoms with Gasteiger partial charge in [-0.05, 0) is 110 Å². The van der Waals surface area contributed by atoms with Crippen molar-refractivity contribution in [1.82, 2.24) is 0 Å². The Kier molecular flexibility index (Phi) is 8.39. The number of nitrogens with zero attached hydrogens (tertiary/aromatic N) is 1. The van der Waals surface area contributed by atoms with Crippen LogP contribution in [0, 0.1) is 0 Å². The van der Waals surface area contributed by atoms with E-state index in [9.17, 15) is 0 Å². The lowest BCUT2D eigenvalue weighted by molar-refractivity contribution is 1.28. The summed E-state index contributed by atoms with van der Waals surface area (Å²) in [4.78, 5) is 2.35. The summed E-state index contributed by atoms with van der Waals surface area (Å²) in [5.74, 6) is 0. The fraction of sp³-hybridized carbons (Fsp3) is 0. The maximum atomic E-state index is 2.35. The summed E-state index contributed by atoms with van der Waals surface area (Å²) in [6.07, 6.45) is 0. The van der Waals surface area contributed by atoms with Crippen molar-refractivity contribution in [2.75, 3.05) is 4.90 Å². The van der Waals surface area contributed by atoms with Gasteiger partial charge in [0.2, 0.25) is 0 Å². The molecule has 0 radical (unpaired) electrons. The van der Waals surface area contributed by atoms with Gasteiger partial charge < -0.3 is 4.90 Å². The van der Waals surface area contributed by atoms with E-state index in [1.807, 2.05) is 0 Å². The number of anilines is 3. The van der Waals surface area contributed by atoms with E-state index >= 15 is 0 Å². The van der Waals surface area contributed by atoms with Crippen molar-refractivity contribution in [2.45, 2.75) is 0 Å². The van der Waals surface area contributed by atoms with Gasteiger partial charge in [-0.3, -0.25) is 0 Å². The van der Waals surface area contributed by atoms with Crippen LogP contribution in [0.25, 0.3) is 55.6 Å². The highest BCUT2D eigenvalue weighted by molar-refractivity contribution is 5.85. The summed E-state index contributed by atoms with van der Waals surface area (Å²) in [6, 6.07) is 76.0. The van der Waals surface area contributed by atoms with E-state index in [1.165, 1.54) is 55.6 Å². The van der Waals surface area contributed by atoms with Gasteiger partial charge in [-0.25, -0.2) is 0 Å². The molecule has 0 N–H and O–H groups in total. The predicted molar refractivity (Wildman–Crippen MR) is 208 cm³/mol. The third kappa shape index (κ3) is 6.56. The zero-order valence-electron chi connectivity index (χ0n) is 27.2. The first-order valence-electron chi connectivity index (χ1n) is 16.8. The molecule has 0 heterocycles. The Hall–Kier alpha value is -6.44. The molecule has 1 heteroatoms. The molecule has 8 rings (SSSR count). The molecule has 0 bridgehead atoms. The third-order valence-electron chi connectivity index (χ3n) is 9.05. The molecule has 0 amide bonds. The number of hydrogen-bond donors (Lipinski definition) is 0. The fourth-order valence-corrected chi connectivity index (χ4v) is 6.53. The van der Waals surface area contributed by atoms with Crippen molar-refractivity contribution in [3.63, 3.8) is 0 Å². The SMILES string of the molecule is c1ccc(-c2ccc(N(c3ccc(-c4ccccc4)cc3)c3cccc(-c4cc(-c5ccccc5)cc(-c5ccccc5)c4)c3)cc2)cc1. The molecular weight excluding hydrogens is 591 g/mol. The summed E-state index contributed by atoms with van der Waals surface area (Å²) >= 11 is 0. The summed E-state index contributed by atoms with van der Waals surface area (Å²) in [7, 11) is 0. The zero-order chi connectivity index (χ0) is 32.8. The predicted octanol–water partition coefficient (Wildman–Crippen LogP) is 13.5. The first kappa shape index (κ1) is 29.9. The minimum atomic E-state index is 1.10. The highest BCUT2D eigenvalue weighted by Gasteiger charge is 2.15. The van der Waals surface area contributed by atoms with Crippen molar-refractivity contribution in [3.8, 4) is 55.6 Å². The molecule has 0 aliphatic carbocycles. The van der Waals surface area contributed by atoms with Crippen molar-refractivity contribution in [3.05, 3.63) is 212 Å². The topological polar surface area (TPSA) is 3.24 Å². The van der Waals surface area contributed by atoms with Crippen molar-refractivity contribution in [2.24, 2.45) is 0 Å². The molecule has 0 atom stereocenters. The van der Waals surface area contributed by atoms with Gasteiger partial charge in [0.25, 0.3) is 0 Å². The lowest BCUT2D eigenvalue weighted by Gasteiger charge is -2.26. The quantitative estimate of drug-likeness (QED) is 0.162. The Morgan fingerprint density at radius 1 is 0.184 bits per heavy atom. The molecule has 0 fully saturated rings. The van der Waals surface area contributed by atoms with Crippen LogP contribution in [-0.2, 0) is 0 Å². The minimum absolute atomic E-state index is 1.10. The van der Waals surface area contributed by atoms with E-state index in [2.05, 4.69) is 217 Å². The molecule has 0 unspecified atom stereocenters. The first-order valence-corrected chi connectivity index (χ1v) is 16.8. The standard InChI is InChI=1S/C48H35N/c1-5-14-36(15-6-1)40-24-28-46(29-25-40)49(47-30-26-41(27-31-47)37-16-7-2-8-17-37)48-23-13-22-42(35-48)45-33-43(38-18-9-3-10-19-38)32-44(34-45)39-20-11-4-12-21-39/h1-35H. The van der Waals surface area contributed by atoms with Gasteiger partial charge >= 0.3 is 0 Å². The maximum absolute atomic E-state index is 2.35. The Morgan fingerprint density at radius 2 is 0.490 bits per heavy atom. The van der Waals surface area contributed by atoms with Crippen LogP contribution in [0.1, 0.15) is 0 Å². The van der Waals surface area contributed by atoms with Crippen molar-refractivity contribution in [1.29, 1.82) is 0 Å². The second kappa shape index (κ2) is 13.7. The molecule has 0 aromatic heterocycles. The zero-order valence-corrected chi connectivity index (χ0v) is 27.2. The molecule has 0 saturated heterocycles. The second-order valence-corrected chi connectivity index (χ2v) is 12.2. The molecule has 232 valence electrons. The van der Waals surface area contributed by atoms with E-state index in [4.69, 9.17) is 0 Å². The number of hydrogen-bond acceptors (Lipinski definition) is 1. The van der Waals surface area contributed by atoms with Crippen LogP contribution in [0.4, 0.5) is 17.1 Å². The molecule has 0 aliphatic rings. The van der Waals surface area contributed by atoms with Gasteiger partial charge in [0.15, 0.2) is 0 Å². The van der Waals surface area contributed by atoms with Crippen LogP contribution in [-0.4, -0.2) is 0 Å². The molecule has 8 aromatic carbocycles. The largest absolute Gasteiger partial charge is 0.310 e. The average Bonchev–Trinajstić information content (AvgIpc) is 3.20. The molecule has 0 spiro atoms. The summed E-state index contributed by atoms with van der Waals surface area (Å²) in [6.45, 7) is 0. The molecule has 49 heavy (non-hydrogen) atoms. The first-order chi connectivity index (χ1) is 24.3. The second-order valence-electron chi connectivity index (χ2n) is 12.2. The van der Waals surface area contributed by atoms with E-state index in [-0.39, 0.29) is 0 Å².